The third-order valence-corrected chi connectivity index (χ3v) is 3.64. The first-order valence-electron chi connectivity index (χ1n) is 8.23. The van der Waals surface area contributed by atoms with Crippen LogP contribution in [-0.4, -0.2) is 25.2 Å². The van der Waals surface area contributed by atoms with Gasteiger partial charge in [0.1, 0.15) is 18.1 Å². The summed E-state index contributed by atoms with van der Waals surface area (Å²) < 4.78 is 11.2. The summed E-state index contributed by atoms with van der Waals surface area (Å²) in [5, 5.41) is 2.95. The van der Waals surface area contributed by atoms with Crippen LogP contribution in [0.25, 0.3) is 0 Å². The molecule has 2 aromatic carbocycles. The number of benzene rings is 2. The average molecular weight is 327 g/mol. The van der Waals surface area contributed by atoms with Gasteiger partial charge in [0.25, 0.3) is 5.91 Å². The maximum atomic E-state index is 12.3. The third kappa shape index (κ3) is 5.01. The van der Waals surface area contributed by atoms with E-state index in [9.17, 15) is 4.79 Å². The Kier molecular flexibility index (Phi) is 6.24. The van der Waals surface area contributed by atoms with E-state index in [1.807, 2.05) is 64.1 Å². The minimum absolute atomic E-state index is 0.0920. The highest BCUT2D eigenvalue weighted by Crippen LogP contribution is 2.19. The van der Waals surface area contributed by atoms with Gasteiger partial charge in [-0.1, -0.05) is 17.7 Å². The van der Waals surface area contributed by atoms with E-state index < -0.39 is 0 Å². The molecule has 2 aromatic rings. The molecule has 0 aliphatic rings. The molecule has 1 N–H and O–H groups in total. The van der Waals surface area contributed by atoms with E-state index in [4.69, 9.17) is 9.47 Å². The number of amides is 1. The van der Waals surface area contributed by atoms with Crippen LogP contribution in [0.1, 0.15) is 35.3 Å². The number of carbonyl (C=O) groups is 1. The standard InChI is InChI=1S/C20H25NO3/c1-5-23-19-11-8-17(12-15(19)3)20(22)21-16(4)13-24-18-9-6-14(2)7-10-18/h6-12,16H,5,13H2,1-4H3,(H,21,22)/t16-/m1/s1. The first kappa shape index (κ1) is 17.9. The van der Waals surface area contributed by atoms with Gasteiger partial charge in [0, 0.05) is 5.56 Å². The molecular formula is C20H25NO3. The number of carbonyl (C=O) groups excluding carboxylic acids is 1. The quantitative estimate of drug-likeness (QED) is 0.839. The molecule has 1 atom stereocenters. The van der Waals surface area contributed by atoms with Crippen molar-refractivity contribution in [1.29, 1.82) is 0 Å². The van der Waals surface area contributed by atoms with Gasteiger partial charge in [-0.3, -0.25) is 4.79 Å². The Morgan fingerprint density at radius 3 is 2.42 bits per heavy atom. The predicted octanol–water partition coefficient (Wildman–Crippen LogP) is 3.90. The van der Waals surface area contributed by atoms with Gasteiger partial charge in [0.15, 0.2) is 0 Å². The fourth-order valence-electron chi connectivity index (χ4n) is 2.31. The highest BCUT2D eigenvalue weighted by molar-refractivity contribution is 5.94. The smallest absolute Gasteiger partial charge is 0.251 e. The second-order valence-corrected chi connectivity index (χ2v) is 5.91. The molecule has 0 saturated heterocycles. The normalized spacial score (nSPS) is 11.7. The molecule has 0 unspecified atom stereocenters. The fourth-order valence-corrected chi connectivity index (χ4v) is 2.31. The van der Waals surface area contributed by atoms with Gasteiger partial charge in [0.05, 0.1) is 12.6 Å². The predicted molar refractivity (Wildman–Crippen MR) is 96.0 cm³/mol. The lowest BCUT2D eigenvalue weighted by atomic mass is 10.1. The Balaban J connectivity index is 1.89. The Hall–Kier alpha value is -2.49. The third-order valence-electron chi connectivity index (χ3n) is 3.64. The molecule has 0 aliphatic carbocycles. The Bertz CT molecular complexity index is 680. The summed E-state index contributed by atoms with van der Waals surface area (Å²) in [4.78, 5) is 12.3. The van der Waals surface area contributed by atoms with Crippen molar-refractivity contribution in [1.82, 2.24) is 5.32 Å². The number of nitrogens with one attached hydrogen (secondary N) is 1. The van der Waals surface area contributed by atoms with Crippen molar-refractivity contribution >= 4 is 5.91 Å². The molecule has 2 rings (SSSR count). The van der Waals surface area contributed by atoms with Gasteiger partial charge in [-0.15, -0.1) is 0 Å². The van der Waals surface area contributed by atoms with Crippen LogP contribution in [0.15, 0.2) is 42.5 Å². The van der Waals surface area contributed by atoms with Crippen LogP contribution in [0.2, 0.25) is 0 Å². The molecular weight excluding hydrogens is 302 g/mol. The second-order valence-electron chi connectivity index (χ2n) is 5.91. The van der Waals surface area contributed by atoms with E-state index in [-0.39, 0.29) is 11.9 Å². The fraction of sp³-hybridized carbons (Fsp3) is 0.350. The highest BCUT2D eigenvalue weighted by Gasteiger charge is 2.12. The van der Waals surface area contributed by atoms with Crippen molar-refractivity contribution in [3.8, 4) is 11.5 Å². The van der Waals surface area contributed by atoms with Crippen LogP contribution in [0, 0.1) is 13.8 Å². The lowest BCUT2D eigenvalue weighted by molar-refractivity contribution is 0.0926. The van der Waals surface area contributed by atoms with Crippen LogP contribution in [0.3, 0.4) is 0 Å². The SMILES string of the molecule is CCOc1ccc(C(=O)N[C@H](C)COc2ccc(C)cc2)cc1C. The first-order chi connectivity index (χ1) is 11.5. The Morgan fingerprint density at radius 1 is 1.08 bits per heavy atom. The molecule has 1 amide bonds. The van der Waals surface area contributed by atoms with Crippen molar-refractivity contribution < 1.29 is 14.3 Å². The number of ether oxygens (including phenoxy) is 2. The van der Waals surface area contributed by atoms with Crippen LogP contribution < -0.4 is 14.8 Å². The number of hydrogen-bond acceptors (Lipinski definition) is 3. The maximum absolute atomic E-state index is 12.3. The lowest BCUT2D eigenvalue weighted by Gasteiger charge is -2.16. The van der Waals surface area contributed by atoms with Crippen LogP contribution >= 0.6 is 0 Å². The summed E-state index contributed by atoms with van der Waals surface area (Å²) in [5.74, 6) is 1.50. The monoisotopic (exact) mass is 327 g/mol. The first-order valence-corrected chi connectivity index (χ1v) is 8.23. The molecule has 0 heterocycles. The number of aryl methyl sites for hydroxylation is 2. The van der Waals surface area contributed by atoms with Gasteiger partial charge in [-0.05, 0) is 63.6 Å². The van der Waals surface area contributed by atoms with Gasteiger partial charge in [0.2, 0.25) is 0 Å². The molecule has 0 bridgehead atoms. The van der Waals surface area contributed by atoms with Crippen molar-refractivity contribution in [2.75, 3.05) is 13.2 Å². The summed E-state index contributed by atoms with van der Waals surface area (Å²) in [6.07, 6.45) is 0. The minimum atomic E-state index is -0.110. The zero-order valence-electron chi connectivity index (χ0n) is 14.8. The van der Waals surface area contributed by atoms with E-state index in [0.29, 0.717) is 18.8 Å². The van der Waals surface area contributed by atoms with E-state index >= 15 is 0 Å². The average Bonchev–Trinajstić information content (AvgIpc) is 2.56. The summed E-state index contributed by atoms with van der Waals surface area (Å²) in [7, 11) is 0. The van der Waals surface area contributed by atoms with E-state index in [1.165, 1.54) is 5.56 Å². The zero-order chi connectivity index (χ0) is 17.5. The van der Waals surface area contributed by atoms with Crippen molar-refractivity contribution in [2.24, 2.45) is 0 Å². The van der Waals surface area contributed by atoms with Gasteiger partial charge in [-0.2, -0.15) is 0 Å². The van der Waals surface area contributed by atoms with Gasteiger partial charge >= 0.3 is 0 Å². The molecule has 0 aliphatic heterocycles. The summed E-state index contributed by atoms with van der Waals surface area (Å²) in [5.41, 5.74) is 2.76. The summed E-state index contributed by atoms with van der Waals surface area (Å²) >= 11 is 0. The van der Waals surface area contributed by atoms with Crippen LogP contribution in [0.5, 0.6) is 11.5 Å². The molecule has 0 fully saturated rings. The molecule has 0 radical (unpaired) electrons. The minimum Gasteiger partial charge on any atom is -0.494 e. The molecule has 0 spiro atoms. The Labute approximate surface area is 143 Å². The van der Waals surface area contributed by atoms with Crippen molar-refractivity contribution in [3.05, 3.63) is 59.2 Å². The number of rotatable bonds is 7. The van der Waals surface area contributed by atoms with Crippen molar-refractivity contribution in [2.45, 2.75) is 33.7 Å². The molecule has 128 valence electrons. The summed E-state index contributed by atoms with van der Waals surface area (Å²) in [6.45, 7) is 8.87. The molecule has 0 aromatic heterocycles. The van der Waals surface area contributed by atoms with Gasteiger partial charge < -0.3 is 14.8 Å². The molecule has 4 nitrogen and oxygen atoms in total. The lowest BCUT2D eigenvalue weighted by Crippen LogP contribution is -2.36. The van der Waals surface area contributed by atoms with Crippen LogP contribution in [-0.2, 0) is 0 Å². The highest BCUT2D eigenvalue weighted by atomic mass is 16.5. The zero-order valence-corrected chi connectivity index (χ0v) is 14.8. The number of hydrogen-bond donors (Lipinski definition) is 1. The van der Waals surface area contributed by atoms with E-state index in [2.05, 4.69) is 5.32 Å². The second kappa shape index (κ2) is 8.39. The van der Waals surface area contributed by atoms with Gasteiger partial charge in [-0.25, -0.2) is 0 Å². The molecule has 24 heavy (non-hydrogen) atoms. The topological polar surface area (TPSA) is 47.6 Å². The van der Waals surface area contributed by atoms with E-state index in [0.717, 1.165) is 17.1 Å². The molecule has 0 saturated carbocycles. The van der Waals surface area contributed by atoms with Crippen molar-refractivity contribution in [3.63, 3.8) is 0 Å². The molecule has 4 heteroatoms. The summed E-state index contributed by atoms with van der Waals surface area (Å²) in [6, 6.07) is 13.2. The maximum Gasteiger partial charge on any atom is 0.251 e. The largest absolute Gasteiger partial charge is 0.494 e. The Morgan fingerprint density at radius 2 is 1.79 bits per heavy atom. The van der Waals surface area contributed by atoms with E-state index in [1.54, 1.807) is 6.07 Å². The van der Waals surface area contributed by atoms with Crippen LogP contribution in [0.4, 0.5) is 0 Å².